The van der Waals surface area contributed by atoms with Gasteiger partial charge in [0.2, 0.25) is 0 Å². The molecule has 0 spiro atoms. The zero-order chi connectivity index (χ0) is 24.2. The number of benzene rings is 1. The minimum atomic E-state index is -3.73. The van der Waals surface area contributed by atoms with E-state index in [1.807, 2.05) is 32.1 Å². The summed E-state index contributed by atoms with van der Waals surface area (Å²) in [5, 5.41) is 10.2. The molecule has 184 valence electrons. The molecular formula is C26H47NO3SSn. The third kappa shape index (κ3) is 7.85. The zero-order valence-electron chi connectivity index (χ0n) is 21.1. The topological polar surface area (TPSA) is 57.6 Å². The first-order chi connectivity index (χ1) is 15.2. The predicted molar refractivity (Wildman–Crippen MR) is 140 cm³/mol. The Labute approximate surface area is 202 Å². The Morgan fingerprint density at radius 2 is 1.47 bits per heavy atom. The van der Waals surface area contributed by atoms with Crippen molar-refractivity contribution in [3.63, 3.8) is 0 Å². The van der Waals surface area contributed by atoms with Crippen LogP contribution in [0.15, 0.2) is 41.8 Å². The molecule has 0 saturated carbocycles. The van der Waals surface area contributed by atoms with E-state index in [-0.39, 0.29) is 10.7 Å². The van der Waals surface area contributed by atoms with Crippen LogP contribution in [0.4, 0.5) is 0 Å². The van der Waals surface area contributed by atoms with Crippen molar-refractivity contribution in [2.24, 2.45) is 0 Å². The quantitative estimate of drug-likeness (QED) is 0.167. The van der Waals surface area contributed by atoms with E-state index in [9.17, 15) is 13.5 Å². The van der Waals surface area contributed by atoms with E-state index < -0.39 is 34.4 Å². The molecule has 2 atom stereocenters. The fraction of sp³-hybridized carbons (Fsp3) is 0.692. The van der Waals surface area contributed by atoms with Gasteiger partial charge in [0.05, 0.1) is 0 Å². The Hall–Kier alpha value is -0.371. The molecule has 0 amide bonds. The van der Waals surface area contributed by atoms with Crippen molar-refractivity contribution >= 4 is 28.4 Å². The Morgan fingerprint density at radius 1 is 1.00 bits per heavy atom. The first-order valence-corrected chi connectivity index (χ1v) is 21.7. The van der Waals surface area contributed by atoms with Crippen molar-refractivity contribution in [2.45, 2.75) is 108 Å². The summed E-state index contributed by atoms with van der Waals surface area (Å²) < 4.78 is 33.4. The van der Waals surface area contributed by atoms with Gasteiger partial charge < -0.3 is 0 Å². The second kappa shape index (κ2) is 14.8. The van der Waals surface area contributed by atoms with Crippen molar-refractivity contribution in [3.05, 3.63) is 42.5 Å². The maximum absolute atomic E-state index is 14.0. The van der Waals surface area contributed by atoms with Gasteiger partial charge in [0.15, 0.2) is 0 Å². The van der Waals surface area contributed by atoms with Gasteiger partial charge >= 0.3 is 203 Å². The molecular weight excluding hydrogens is 525 g/mol. The zero-order valence-corrected chi connectivity index (χ0v) is 24.8. The molecule has 1 aromatic rings. The number of unbranched alkanes of at least 4 members (excludes halogenated alkanes) is 3. The van der Waals surface area contributed by atoms with Crippen LogP contribution >= 0.6 is 0 Å². The van der Waals surface area contributed by atoms with E-state index in [1.165, 1.54) is 32.6 Å². The molecule has 0 radical (unpaired) electrons. The minimum absolute atomic E-state index is 0.0140. The van der Waals surface area contributed by atoms with Gasteiger partial charge in [-0.1, -0.05) is 0 Å². The van der Waals surface area contributed by atoms with Gasteiger partial charge in [-0.05, 0) is 0 Å². The summed E-state index contributed by atoms with van der Waals surface area (Å²) in [4.78, 5) is 0.333. The van der Waals surface area contributed by atoms with Crippen LogP contribution in [0.25, 0.3) is 0 Å². The SMILES string of the molecule is C=CC[C@H](N([C@@H](C)CO)S(=O)(=O)c1ccc(C)cc1)[Sn]([CH2]CCC)([CH2]CCC)[CH2]CCC. The number of nitrogens with zero attached hydrogens (tertiary/aromatic N) is 1. The molecule has 0 unspecified atom stereocenters. The summed E-state index contributed by atoms with van der Waals surface area (Å²) in [7, 11) is -3.73. The van der Waals surface area contributed by atoms with Crippen molar-refractivity contribution in [1.29, 1.82) is 0 Å². The van der Waals surface area contributed by atoms with Crippen LogP contribution in [0.2, 0.25) is 13.3 Å². The average Bonchev–Trinajstić information content (AvgIpc) is 2.78. The van der Waals surface area contributed by atoms with Gasteiger partial charge in [-0.25, -0.2) is 0 Å². The molecule has 1 N–H and O–H groups in total. The van der Waals surface area contributed by atoms with Crippen LogP contribution < -0.4 is 0 Å². The fourth-order valence-electron chi connectivity index (χ4n) is 4.87. The summed E-state index contributed by atoms with van der Waals surface area (Å²) in [5.41, 5.74) is 1.04. The van der Waals surface area contributed by atoms with Gasteiger partial charge in [0.1, 0.15) is 0 Å². The number of hydrogen-bond donors (Lipinski definition) is 1. The van der Waals surface area contributed by atoms with Crippen LogP contribution in [-0.2, 0) is 10.0 Å². The maximum atomic E-state index is 14.0. The first kappa shape index (κ1) is 29.7. The van der Waals surface area contributed by atoms with Crippen LogP contribution in [0.1, 0.15) is 78.2 Å². The number of rotatable bonds is 17. The summed E-state index contributed by atoms with van der Waals surface area (Å²) in [5.74, 6) is 0. The summed E-state index contributed by atoms with van der Waals surface area (Å²) in [6.45, 7) is 14.4. The summed E-state index contributed by atoms with van der Waals surface area (Å²) in [6, 6.07) is 6.70. The Morgan fingerprint density at radius 3 is 1.84 bits per heavy atom. The molecule has 0 heterocycles. The number of aliphatic hydroxyl groups is 1. The molecule has 0 bridgehead atoms. The van der Waals surface area contributed by atoms with Crippen molar-refractivity contribution < 1.29 is 13.5 Å². The monoisotopic (exact) mass is 573 g/mol. The molecule has 32 heavy (non-hydrogen) atoms. The normalized spacial score (nSPS) is 14.5. The van der Waals surface area contributed by atoms with E-state index in [0.717, 1.165) is 24.8 Å². The van der Waals surface area contributed by atoms with E-state index in [4.69, 9.17) is 0 Å². The second-order valence-corrected chi connectivity index (χ2v) is 25.2. The van der Waals surface area contributed by atoms with Gasteiger partial charge in [-0.2, -0.15) is 0 Å². The van der Waals surface area contributed by atoms with Crippen molar-refractivity contribution in [1.82, 2.24) is 4.31 Å². The van der Waals surface area contributed by atoms with Crippen molar-refractivity contribution in [2.75, 3.05) is 6.61 Å². The van der Waals surface area contributed by atoms with E-state index in [1.54, 1.807) is 16.4 Å². The molecule has 0 saturated heterocycles. The Kier molecular flexibility index (Phi) is 13.7. The fourth-order valence-corrected chi connectivity index (χ4v) is 27.5. The summed E-state index contributed by atoms with van der Waals surface area (Å²) >= 11 is -3.02. The number of hydrogen-bond acceptors (Lipinski definition) is 3. The van der Waals surface area contributed by atoms with E-state index >= 15 is 0 Å². The number of aryl methyl sites for hydroxylation is 1. The predicted octanol–water partition coefficient (Wildman–Crippen LogP) is 6.70. The third-order valence-corrected chi connectivity index (χ3v) is 26.4. The Bertz CT molecular complexity index is 742. The van der Waals surface area contributed by atoms with Crippen molar-refractivity contribution in [3.8, 4) is 0 Å². The Balaban J connectivity index is 3.69. The van der Waals surface area contributed by atoms with E-state index in [2.05, 4.69) is 27.4 Å². The van der Waals surface area contributed by atoms with Gasteiger partial charge in [-0.15, -0.1) is 0 Å². The van der Waals surface area contributed by atoms with Crippen LogP contribution in [0.5, 0.6) is 0 Å². The third-order valence-electron chi connectivity index (χ3n) is 6.78. The van der Waals surface area contributed by atoms with Gasteiger partial charge in [-0.3, -0.25) is 0 Å². The van der Waals surface area contributed by atoms with Gasteiger partial charge in [0, 0.05) is 0 Å². The van der Waals surface area contributed by atoms with Gasteiger partial charge in [0.25, 0.3) is 0 Å². The molecule has 4 nitrogen and oxygen atoms in total. The first-order valence-electron chi connectivity index (χ1n) is 12.6. The molecule has 0 aromatic heterocycles. The van der Waals surface area contributed by atoms with Crippen LogP contribution in [0, 0.1) is 6.92 Å². The average molecular weight is 572 g/mol. The molecule has 0 aliphatic rings. The summed E-state index contributed by atoms with van der Waals surface area (Å²) in [6.07, 6.45) is 9.52. The van der Waals surface area contributed by atoms with Crippen LogP contribution in [0.3, 0.4) is 0 Å². The molecule has 0 aliphatic carbocycles. The molecule has 6 heteroatoms. The van der Waals surface area contributed by atoms with Crippen LogP contribution in [-0.4, -0.2) is 52.9 Å². The molecule has 0 aliphatic heterocycles. The van der Waals surface area contributed by atoms with E-state index in [0.29, 0.717) is 11.3 Å². The number of aliphatic hydroxyl groups excluding tert-OH is 1. The molecule has 1 aromatic carbocycles. The number of sulfonamides is 1. The second-order valence-electron chi connectivity index (χ2n) is 9.39. The standard InChI is InChI=1S/C14H20NO3S.3C4H9.Sn/c1-4-5-10-15(13(3)11-16)19(17,18)14-8-6-12(2)7-9-14;3*1-3-4-2;/h4,6-10,13,16H,1,5,11H2,2-3H3;3*1,3-4H2,2H3;/t13-;;;;/m0..../s1. The molecule has 1 rings (SSSR count). The molecule has 0 fully saturated rings.